The molecule has 0 radical (unpaired) electrons. The Kier molecular flexibility index (Phi) is 5.43. The van der Waals surface area contributed by atoms with Gasteiger partial charge >= 0.3 is 0 Å². The molecular formula is C24H25FN2O3S. The second-order valence-corrected chi connectivity index (χ2v) is 10.9. The third-order valence-electron chi connectivity index (χ3n) is 5.30. The lowest BCUT2D eigenvalue weighted by Crippen LogP contribution is -2.26. The van der Waals surface area contributed by atoms with Crippen LogP contribution in [0.4, 0.5) is 10.3 Å². The highest BCUT2D eigenvalue weighted by molar-refractivity contribution is 7.91. The van der Waals surface area contributed by atoms with Gasteiger partial charge in [0.05, 0.1) is 11.1 Å². The molecular weight excluding hydrogens is 415 g/mol. The van der Waals surface area contributed by atoms with E-state index in [-0.39, 0.29) is 11.2 Å². The maximum Gasteiger partial charge on any atom is 0.200 e. The highest BCUT2D eigenvalue weighted by atomic mass is 32.2. The van der Waals surface area contributed by atoms with Crippen molar-refractivity contribution in [2.45, 2.75) is 52.5 Å². The fraction of sp³-hybridized carbons (Fsp3) is 0.333. The van der Waals surface area contributed by atoms with Crippen molar-refractivity contribution >= 4 is 33.9 Å². The standard InChI is InChI=1S/C24H25FN2O3S/c1-14-8-19(15(2)26-31(29)24(3,4)5)23-20(9-14)21(28)11-22(30-23)27-12-16-6-7-18(25)10-17(16)13-27/h6-11H,12-13H2,1-5H3/b26-15+/t31-/m1/s1. The van der Waals surface area contributed by atoms with Crippen LogP contribution in [0.3, 0.4) is 0 Å². The molecule has 3 aromatic rings. The van der Waals surface area contributed by atoms with Crippen molar-refractivity contribution in [1.82, 2.24) is 0 Å². The molecule has 0 saturated carbocycles. The molecule has 7 heteroatoms. The molecule has 31 heavy (non-hydrogen) atoms. The van der Waals surface area contributed by atoms with Crippen LogP contribution in [-0.2, 0) is 24.5 Å². The molecule has 2 heterocycles. The van der Waals surface area contributed by atoms with Crippen molar-refractivity contribution in [2.24, 2.45) is 4.40 Å². The maximum atomic E-state index is 13.6. The Hall–Kier alpha value is -2.64. The Morgan fingerprint density at radius 2 is 1.87 bits per heavy atom. The number of nitrogens with zero attached hydrogens (tertiary/aromatic N) is 2. The molecule has 0 amide bonds. The summed E-state index contributed by atoms with van der Waals surface area (Å²) in [5.41, 5.74) is 4.23. The van der Waals surface area contributed by atoms with Gasteiger partial charge in [-0.25, -0.2) is 4.39 Å². The van der Waals surface area contributed by atoms with Crippen LogP contribution in [0.1, 0.15) is 49.9 Å². The molecule has 1 atom stereocenters. The van der Waals surface area contributed by atoms with E-state index in [1.165, 1.54) is 18.2 Å². The number of aryl methyl sites for hydroxylation is 1. The van der Waals surface area contributed by atoms with Crippen LogP contribution in [0.5, 0.6) is 0 Å². The topological polar surface area (TPSA) is 68.9 Å². The van der Waals surface area contributed by atoms with Gasteiger partial charge in [0.1, 0.15) is 27.5 Å². The molecule has 0 aliphatic carbocycles. The Morgan fingerprint density at radius 1 is 1.16 bits per heavy atom. The van der Waals surface area contributed by atoms with E-state index in [1.807, 2.05) is 38.7 Å². The summed E-state index contributed by atoms with van der Waals surface area (Å²) in [5, 5.41) is 0.456. The molecule has 2 aromatic carbocycles. The van der Waals surface area contributed by atoms with Gasteiger partial charge in [-0.05, 0) is 75.6 Å². The van der Waals surface area contributed by atoms with Crippen molar-refractivity contribution in [3.05, 3.63) is 74.7 Å². The van der Waals surface area contributed by atoms with Crippen molar-refractivity contribution in [3.8, 4) is 0 Å². The second kappa shape index (κ2) is 7.80. The van der Waals surface area contributed by atoms with E-state index in [4.69, 9.17) is 4.42 Å². The van der Waals surface area contributed by atoms with E-state index < -0.39 is 16.1 Å². The smallest absolute Gasteiger partial charge is 0.200 e. The normalized spacial score (nSPS) is 15.5. The summed E-state index contributed by atoms with van der Waals surface area (Å²) in [6, 6.07) is 9.88. The molecule has 0 N–H and O–H groups in total. The average molecular weight is 441 g/mol. The molecule has 0 saturated heterocycles. The molecule has 162 valence electrons. The van der Waals surface area contributed by atoms with Crippen LogP contribution in [0.2, 0.25) is 0 Å². The summed E-state index contributed by atoms with van der Waals surface area (Å²) in [4.78, 5) is 14.9. The molecule has 5 nitrogen and oxygen atoms in total. The maximum absolute atomic E-state index is 13.6. The average Bonchev–Trinajstić information content (AvgIpc) is 3.10. The number of hydrogen-bond donors (Lipinski definition) is 0. The largest absolute Gasteiger partial charge is 0.591 e. The van der Waals surface area contributed by atoms with Crippen molar-refractivity contribution in [2.75, 3.05) is 4.90 Å². The van der Waals surface area contributed by atoms with E-state index in [2.05, 4.69) is 4.40 Å². The lowest BCUT2D eigenvalue weighted by molar-refractivity contribution is 0.561. The number of rotatable bonds is 3. The van der Waals surface area contributed by atoms with Gasteiger partial charge in [0.2, 0.25) is 5.88 Å². The SMILES string of the molecule is C/C(=N\[S@+]([O-])C(C)(C)C)c1cc(C)cc2c(=O)cc(N3Cc4ccc(F)cc4C3)oc12. The minimum Gasteiger partial charge on any atom is -0.591 e. The Morgan fingerprint density at radius 3 is 2.58 bits per heavy atom. The number of fused-ring (bicyclic) bond motifs is 2. The molecule has 1 aromatic heterocycles. The molecule has 0 unspecified atom stereocenters. The van der Waals surface area contributed by atoms with Crippen LogP contribution < -0.4 is 10.3 Å². The first-order valence-corrected chi connectivity index (χ1v) is 11.2. The monoisotopic (exact) mass is 440 g/mol. The summed E-state index contributed by atoms with van der Waals surface area (Å²) in [5.74, 6) is 0.140. The first-order chi connectivity index (χ1) is 14.5. The molecule has 4 rings (SSSR count). The highest BCUT2D eigenvalue weighted by Crippen LogP contribution is 2.31. The first kappa shape index (κ1) is 21.6. The summed E-state index contributed by atoms with van der Waals surface area (Å²) in [6.45, 7) is 10.3. The molecule has 1 aliphatic heterocycles. The Bertz CT molecular complexity index is 1260. The van der Waals surface area contributed by atoms with Crippen LogP contribution in [-0.4, -0.2) is 15.0 Å². The van der Waals surface area contributed by atoms with Crippen LogP contribution >= 0.6 is 0 Å². The lowest BCUT2D eigenvalue weighted by atomic mass is 10.0. The summed E-state index contributed by atoms with van der Waals surface area (Å²) >= 11 is -1.44. The molecule has 0 spiro atoms. The van der Waals surface area contributed by atoms with E-state index >= 15 is 0 Å². The summed E-state index contributed by atoms with van der Waals surface area (Å²) < 4.78 is 36.3. The van der Waals surface area contributed by atoms with E-state index in [0.29, 0.717) is 41.2 Å². The lowest BCUT2D eigenvalue weighted by Gasteiger charge is -2.19. The predicted molar refractivity (Wildman–Crippen MR) is 124 cm³/mol. The van der Waals surface area contributed by atoms with Crippen molar-refractivity contribution < 1.29 is 13.4 Å². The van der Waals surface area contributed by atoms with Gasteiger partial charge in [-0.1, -0.05) is 10.5 Å². The molecule has 0 fully saturated rings. The zero-order chi connectivity index (χ0) is 22.5. The molecule has 0 bridgehead atoms. The second-order valence-electron chi connectivity index (χ2n) is 8.95. The summed E-state index contributed by atoms with van der Waals surface area (Å²) in [6.07, 6.45) is 0. The van der Waals surface area contributed by atoms with Gasteiger partial charge in [-0.15, -0.1) is 0 Å². The van der Waals surface area contributed by atoms with E-state index in [1.54, 1.807) is 19.1 Å². The van der Waals surface area contributed by atoms with Gasteiger partial charge in [-0.2, -0.15) is 0 Å². The minimum absolute atomic E-state index is 0.159. The number of halogens is 1. The van der Waals surface area contributed by atoms with Crippen LogP contribution in [0.25, 0.3) is 11.0 Å². The number of hydrogen-bond acceptors (Lipinski definition) is 5. The predicted octanol–water partition coefficient (Wildman–Crippen LogP) is 5.03. The zero-order valence-electron chi connectivity index (χ0n) is 18.3. The van der Waals surface area contributed by atoms with E-state index in [9.17, 15) is 13.7 Å². The number of benzene rings is 2. The molecule has 1 aliphatic rings. The zero-order valence-corrected chi connectivity index (χ0v) is 19.1. The van der Waals surface area contributed by atoms with Gasteiger partial charge in [0, 0.05) is 24.7 Å². The number of anilines is 1. The van der Waals surface area contributed by atoms with Gasteiger partial charge < -0.3 is 13.9 Å². The highest BCUT2D eigenvalue weighted by Gasteiger charge is 2.28. The third-order valence-corrected chi connectivity index (χ3v) is 6.78. The third kappa shape index (κ3) is 4.25. The van der Waals surface area contributed by atoms with Gasteiger partial charge in [0.15, 0.2) is 5.43 Å². The van der Waals surface area contributed by atoms with E-state index in [0.717, 1.165) is 16.7 Å². The van der Waals surface area contributed by atoms with Gasteiger partial charge in [-0.3, -0.25) is 4.79 Å². The van der Waals surface area contributed by atoms with Crippen molar-refractivity contribution in [3.63, 3.8) is 0 Å². The van der Waals surface area contributed by atoms with Crippen LogP contribution in [0.15, 0.2) is 50.0 Å². The first-order valence-electron chi connectivity index (χ1n) is 10.1. The Labute approximate surface area is 183 Å². The van der Waals surface area contributed by atoms with Gasteiger partial charge in [0.25, 0.3) is 0 Å². The van der Waals surface area contributed by atoms with Crippen LogP contribution in [0, 0.1) is 12.7 Å². The Balaban J connectivity index is 1.81. The fourth-order valence-electron chi connectivity index (χ4n) is 3.64. The quantitative estimate of drug-likeness (QED) is 0.423. The minimum atomic E-state index is -1.44. The fourth-order valence-corrected chi connectivity index (χ4v) is 4.27. The van der Waals surface area contributed by atoms with Crippen molar-refractivity contribution in [1.29, 1.82) is 0 Å². The summed E-state index contributed by atoms with van der Waals surface area (Å²) in [7, 11) is 0.